The maximum absolute atomic E-state index is 11.9. The van der Waals surface area contributed by atoms with E-state index in [0.717, 1.165) is 29.0 Å². The molecule has 0 unspecified atom stereocenters. The topological polar surface area (TPSA) is 47.6 Å². The first-order chi connectivity index (χ1) is 11.3. The van der Waals surface area contributed by atoms with Crippen LogP contribution in [0.1, 0.15) is 17.5 Å². The van der Waals surface area contributed by atoms with Crippen LogP contribution in [0.4, 0.5) is 0 Å². The third-order valence-corrected chi connectivity index (χ3v) is 3.51. The van der Waals surface area contributed by atoms with E-state index in [2.05, 4.69) is 5.32 Å². The number of hydrogen-bond donors (Lipinski definition) is 1. The lowest BCUT2D eigenvalue weighted by atomic mass is 10.2. The summed E-state index contributed by atoms with van der Waals surface area (Å²) in [5.41, 5.74) is 1.98. The zero-order valence-electron chi connectivity index (χ0n) is 12.8. The minimum Gasteiger partial charge on any atom is -0.490 e. The summed E-state index contributed by atoms with van der Waals surface area (Å²) in [6, 6.07) is 15.5. The average molecular weight is 309 g/mol. The second-order valence-electron chi connectivity index (χ2n) is 5.29. The van der Waals surface area contributed by atoms with Crippen LogP contribution >= 0.6 is 0 Å². The van der Waals surface area contributed by atoms with Gasteiger partial charge in [0.05, 0.1) is 13.2 Å². The van der Waals surface area contributed by atoms with Gasteiger partial charge in [0.2, 0.25) is 5.91 Å². The van der Waals surface area contributed by atoms with E-state index in [0.29, 0.717) is 19.8 Å². The molecule has 0 atom stereocenters. The number of amides is 1. The Morgan fingerprint density at radius 3 is 2.65 bits per heavy atom. The molecule has 4 heteroatoms. The van der Waals surface area contributed by atoms with E-state index in [1.807, 2.05) is 48.5 Å². The molecule has 0 spiro atoms. The number of ether oxygens (including phenoxy) is 2. The summed E-state index contributed by atoms with van der Waals surface area (Å²) in [4.78, 5) is 11.9. The van der Waals surface area contributed by atoms with Crippen LogP contribution in [0.25, 0.3) is 6.08 Å². The van der Waals surface area contributed by atoms with Crippen molar-refractivity contribution in [2.75, 3.05) is 13.2 Å². The van der Waals surface area contributed by atoms with E-state index in [9.17, 15) is 4.79 Å². The standard InChI is InChI=1S/C19H19NO3/c21-19(10-8-15-5-2-1-3-6-15)20-14-16-7-9-17-18(13-16)23-12-4-11-22-17/h1-3,5-10,13H,4,11-12,14H2,(H,20,21)/b10-8+. The van der Waals surface area contributed by atoms with Crippen molar-refractivity contribution in [1.29, 1.82) is 0 Å². The molecule has 0 aromatic heterocycles. The molecule has 23 heavy (non-hydrogen) atoms. The van der Waals surface area contributed by atoms with Crippen LogP contribution in [0.3, 0.4) is 0 Å². The molecule has 0 fully saturated rings. The summed E-state index contributed by atoms with van der Waals surface area (Å²) in [5.74, 6) is 1.39. The van der Waals surface area contributed by atoms with Crippen LogP contribution < -0.4 is 14.8 Å². The highest BCUT2D eigenvalue weighted by atomic mass is 16.5. The Balaban J connectivity index is 1.57. The highest BCUT2D eigenvalue weighted by molar-refractivity contribution is 5.91. The lowest BCUT2D eigenvalue weighted by molar-refractivity contribution is -0.116. The average Bonchev–Trinajstić information content (AvgIpc) is 2.84. The largest absolute Gasteiger partial charge is 0.490 e. The van der Waals surface area contributed by atoms with E-state index in [-0.39, 0.29) is 5.91 Å². The number of benzene rings is 2. The van der Waals surface area contributed by atoms with E-state index < -0.39 is 0 Å². The molecule has 4 nitrogen and oxygen atoms in total. The third kappa shape index (κ3) is 4.36. The molecular weight excluding hydrogens is 290 g/mol. The molecule has 2 aromatic carbocycles. The van der Waals surface area contributed by atoms with Crippen LogP contribution in [-0.2, 0) is 11.3 Å². The fourth-order valence-corrected chi connectivity index (χ4v) is 2.30. The Morgan fingerprint density at radius 1 is 1.04 bits per heavy atom. The minimum atomic E-state index is -0.124. The van der Waals surface area contributed by atoms with Gasteiger partial charge in [-0.3, -0.25) is 4.79 Å². The normalized spacial score (nSPS) is 13.6. The van der Waals surface area contributed by atoms with Gasteiger partial charge in [-0.1, -0.05) is 36.4 Å². The van der Waals surface area contributed by atoms with Gasteiger partial charge < -0.3 is 14.8 Å². The number of fused-ring (bicyclic) bond motifs is 1. The highest BCUT2D eigenvalue weighted by Gasteiger charge is 2.10. The van der Waals surface area contributed by atoms with Gasteiger partial charge in [0.25, 0.3) is 0 Å². The molecule has 1 aliphatic heterocycles. The molecule has 0 bridgehead atoms. The molecule has 1 amide bonds. The highest BCUT2D eigenvalue weighted by Crippen LogP contribution is 2.30. The van der Waals surface area contributed by atoms with Gasteiger partial charge in [0.1, 0.15) is 0 Å². The molecule has 1 heterocycles. The molecule has 1 aliphatic rings. The van der Waals surface area contributed by atoms with Crippen molar-refractivity contribution in [1.82, 2.24) is 5.32 Å². The predicted octanol–water partition coefficient (Wildman–Crippen LogP) is 3.18. The smallest absolute Gasteiger partial charge is 0.244 e. The summed E-state index contributed by atoms with van der Waals surface area (Å²) in [5, 5.41) is 2.87. The Labute approximate surface area is 135 Å². The van der Waals surface area contributed by atoms with Gasteiger partial charge in [-0.25, -0.2) is 0 Å². The van der Waals surface area contributed by atoms with Crippen molar-refractivity contribution in [3.8, 4) is 11.5 Å². The SMILES string of the molecule is O=C(/C=C/c1ccccc1)NCc1ccc2c(c1)OCCCO2. The summed E-state index contributed by atoms with van der Waals surface area (Å²) in [7, 11) is 0. The molecule has 0 radical (unpaired) electrons. The summed E-state index contributed by atoms with van der Waals surface area (Å²) in [6.07, 6.45) is 4.22. The Morgan fingerprint density at radius 2 is 1.83 bits per heavy atom. The Hall–Kier alpha value is -2.75. The van der Waals surface area contributed by atoms with Gasteiger partial charge in [-0.2, -0.15) is 0 Å². The Bertz CT molecular complexity index is 695. The summed E-state index contributed by atoms with van der Waals surface area (Å²) >= 11 is 0. The van der Waals surface area contributed by atoms with Crippen LogP contribution in [0.5, 0.6) is 11.5 Å². The van der Waals surface area contributed by atoms with Crippen molar-refractivity contribution in [2.45, 2.75) is 13.0 Å². The summed E-state index contributed by atoms with van der Waals surface area (Å²) in [6.45, 7) is 1.78. The monoisotopic (exact) mass is 309 g/mol. The quantitative estimate of drug-likeness (QED) is 0.882. The number of carbonyl (C=O) groups excluding carboxylic acids is 1. The lowest BCUT2D eigenvalue weighted by Crippen LogP contribution is -2.20. The molecular formula is C19H19NO3. The van der Waals surface area contributed by atoms with Gasteiger partial charge in [-0.15, -0.1) is 0 Å². The van der Waals surface area contributed by atoms with Crippen molar-refractivity contribution < 1.29 is 14.3 Å². The maximum atomic E-state index is 11.9. The van der Waals surface area contributed by atoms with Crippen molar-refractivity contribution in [2.24, 2.45) is 0 Å². The predicted molar refractivity (Wildman–Crippen MR) is 89.4 cm³/mol. The molecule has 2 aromatic rings. The van der Waals surface area contributed by atoms with Crippen LogP contribution in [-0.4, -0.2) is 19.1 Å². The van der Waals surface area contributed by atoms with E-state index in [1.165, 1.54) is 0 Å². The van der Waals surface area contributed by atoms with Crippen molar-refractivity contribution in [3.63, 3.8) is 0 Å². The van der Waals surface area contributed by atoms with Gasteiger partial charge in [0, 0.05) is 19.0 Å². The maximum Gasteiger partial charge on any atom is 0.244 e. The van der Waals surface area contributed by atoms with Gasteiger partial charge >= 0.3 is 0 Å². The van der Waals surface area contributed by atoms with E-state index >= 15 is 0 Å². The molecule has 1 N–H and O–H groups in total. The number of carbonyl (C=O) groups is 1. The Kier molecular flexibility index (Phi) is 4.94. The number of hydrogen-bond acceptors (Lipinski definition) is 3. The van der Waals surface area contributed by atoms with Crippen molar-refractivity contribution >= 4 is 12.0 Å². The zero-order valence-corrected chi connectivity index (χ0v) is 12.8. The second kappa shape index (κ2) is 7.49. The molecule has 0 saturated carbocycles. The summed E-state index contributed by atoms with van der Waals surface area (Å²) < 4.78 is 11.2. The first-order valence-electron chi connectivity index (χ1n) is 7.71. The fourth-order valence-electron chi connectivity index (χ4n) is 2.30. The van der Waals surface area contributed by atoms with Crippen LogP contribution in [0.15, 0.2) is 54.6 Å². The van der Waals surface area contributed by atoms with Crippen molar-refractivity contribution in [3.05, 3.63) is 65.7 Å². The van der Waals surface area contributed by atoms with Crippen LogP contribution in [0.2, 0.25) is 0 Å². The molecule has 118 valence electrons. The van der Waals surface area contributed by atoms with E-state index in [4.69, 9.17) is 9.47 Å². The number of rotatable bonds is 4. The number of nitrogens with one attached hydrogen (secondary N) is 1. The molecule has 0 aliphatic carbocycles. The molecule has 3 rings (SSSR count). The van der Waals surface area contributed by atoms with Gasteiger partial charge in [-0.05, 0) is 29.3 Å². The fraction of sp³-hybridized carbons (Fsp3) is 0.211. The lowest BCUT2D eigenvalue weighted by Gasteiger charge is -2.09. The van der Waals surface area contributed by atoms with Gasteiger partial charge in [0.15, 0.2) is 11.5 Å². The molecule has 0 saturated heterocycles. The minimum absolute atomic E-state index is 0.124. The zero-order chi connectivity index (χ0) is 15.9. The van der Waals surface area contributed by atoms with E-state index in [1.54, 1.807) is 12.2 Å². The first kappa shape index (κ1) is 15.2. The third-order valence-electron chi connectivity index (χ3n) is 3.51. The second-order valence-corrected chi connectivity index (χ2v) is 5.29. The van der Waals surface area contributed by atoms with Crippen LogP contribution in [0, 0.1) is 0 Å². The first-order valence-corrected chi connectivity index (χ1v) is 7.71.